The van der Waals surface area contributed by atoms with Gasteiger partial charge in [-0.2, -0.15) is 0 Å². The van der Waals surface area contributed by atoms with Gasteiger partial charge in [0, 0.05) is 64.8 Å². The van der Waals surface area contributed by atoms with Crippen LogP contribution < -0.4 is 9.80 Å². The molecule has 3 atom stereocenters. The fraction of sp³-hybridized carbons (Fsp3) is 0.115. The third-order valence-corrected chi connectivity index (χ3v) is 16.4. The minimum atomic E-state index is -0.239. The topological polar surface area (TPSA) is 11.4 Å². The van der Waals surface area contributed by atoms with E-state index in [0.29, 0.717) is 11.8 Å². The number of aromatic nitrogens is 1. The van der Waals surface area contributed by atoms with Gasteiger partial charge in [-0.15, -0.1) is 11.3 Å². The van der Waals surface area contributed by atoms with Gasteiger partial charge in [-0.3, -0.25) is 0 Å². The van der Waals surface area contributed by atoms with Gasteiger partial charge in [-0.25, -0.2) is 4.39 Å². The Morgan fingerprint density at radius 1 is 0.439 bits per heavy atom. The highest BCUT2D eigenvalue weighted by atomic mass is 32.1. The zero-order valence-electron chi connectivity index (χ0n) is 36.2. The van der Waals surface area contributed by atoms with Crippen LogP contribution in [-0.2, 0) is 18.3 Å². The Hall–Kier alpha value is -7.47. The number of benzene rings is 9. The Bertz CT molecular complexity index is 3700. The number of thiophene rings is 1. The van der Waals surface area contributed by atoms with Gasteiger partial charge in [0.25, 0.3) is 0 Å². The summed E-state index contributed by atoms with van der Waals surface area (Å²) in [4.78, 5) is 5.09. The minimum absolute atomic E-state index is 0.188. The molecule has 0 aliphatic heterocycles. The summed E-state index contributed by atoms with van der Waals surface area (Å²) in [5, 5.41) is 4.98. The summed E-state index contributed by atoms with van der Waals surface area (Å²) in [7, 11) is 0. The highest BCUT2D eigenvalue weighted by Crippen LogP contribution is 2.69. The van der Waals surface area contributed by atoms with E-state index in [2.05, 4.69) is 196 Å². The molecule has 1 saturated carbocycles. The third-order valence-electron chi connectivity index (χ3n) is 15.3. The maximum absolute atomic E-state index is 14.4. The lowest BCUT2D eigenvalue weighted by molar-refractivity contribution is 0.350. The van der Waals surface area contributed by atoms with Crippen molar-refractivity contribution >= 4 is 87.4 Å². The third kappa shape index (κ3) is 5.41. The van der Waals surface area contributed by atoms with Crippen molar-refractivity contribution in [3.05, 3.63) is 234 Å². The van der Waals surface area contributed by atoms with Crippen molar-refractivity contribution in [1.29, 1.82) is 0 Å². The molecule has 9 aromatic carbocycles. The van der Waals surface area contributed by atoms with Crippen LogP contribution in [0.5, 0.6) is 0 Å². The van der Waals surface area contributed by atoms with Crippen molar-refractivity contribution in [3.63, 3.8) is 0 Å². The molecule has 0 radical (unpaired) electrons. The zero-order chi connectivity index (χ0) is 43.5. The molecule has 0 N–H and O–H groups in total. The van der Waals surface area contributed by atoms with E-state index in [9.17, 15) is 4.39 Å². The molecule has 14 rings (SSSR count). The van der Waals surface area contributed by atoms with E-state index in [1.54, 1.807) is 12.1 Å². The number of halogens is 1. The van der Waals surface area contributed by atoms with E-state index in [4.69, 9.17) is 0 Å². The van der Waals surface area contributed by atoms with E-state index in [1.807, 2.05) is 23.5 Å². The maximum Gasteiger partial charge on any atom is 0.123 e. The second-order valence-corrected chi connectivity index (χ2v) is 19.6. The Morgan fingerprint density at radius 3 is 1.62 bits per heavy atom. The summed E-state index contributed by atoms with van der Waals surface area (Å²) < 4.78 is 19.3. The monoisotopic (exact) mass is 869 g/mol. The van der Waals surface area contributed by atoms with Crippen LogP contribution in [0, 0.1) is 17.7 Å². The quantitative estimate of drug-likeness (QED) is 0.158. The van der Waals surface area contributed by atoms with Crippen molar-refractivity contribution in [2.75, 3.05) is 9.80 Å². The minimum Gasteiger partial charge on any atom is -0.310 e. The van der Waals surface area contributed by atoms with Crippen LogP contribution in [0.4, 0.5) is 38.5 Å². The van der Waals surface area contributed by atoms with Crippen LogP contribution >= 0.6 is 11.3 Å². The molecule has 0 amide bonds. The SMILES string of the molecule is Fc1ccc(-n2c3ccccc3c3ccc(N(c4ccccc4)c4cccc5c4C46c7c(cccc7N(c7ccccc7)c7ccc8c(c7)sc7ccccc78)CC4CCC6C5)cc32)cc1. The van der Waals surface area contributed by atoms with Crippen molar-refractivity contribution in [2.24, 2.45) is 11.8 Å². The Kier molecular flexibility index (Phi) is 8.33. The number of hydrogen-bond donors (Lipinski definition) is 0. The number of rotatable bonds is 7. The van der Waals surface area contributed by atoms with Crippen molar-refractivity contribution in [2.45, 2.75) is 31.1 Å². The normalized spacial score (nSPS) is 18.2. The lowest BCUT2D eigenvalue weighted by Crippen LogP contribution is -2.34. The summed E-state index contributed by atoms with van der Waals surface area (Å²) in [5.74, 6) is 0.715. The number of nitrogens with zero attached hydrogens (tertiary/aromatic N) is 3. The summed E-state index contributed by atoms with van der Waals surface area (Å²) in [6.45, 7) is 0. The van der Waals surface area contributed by atoms with E-state index in [-0.39, 0.29) is 11.2 Å². The highest BCUT2D eigenvalue weighted by molar-refractivity contribution is 7.25. The molecule has 3 aliphatic rings. The van der Waals surface area contributed by atoms with Crippen LogP contribution in [0.25, 0.3) is 47.7 Å². The Morgan fingerprint density at radius 2 is 0.970 bits per heavy atom. The molecule has 0 saturated heterocycles. The second-order valence-electron chi connectivity index (χ2n) is 18.5. The van der Waals surface area contributed by atoms with Gasteiger partial charge >= 0.3 is 0 Å². The molecular weight excluding hydrogens is 826 g/mol. The number of fused-ring (bicyclic) bond motifs is 8. The predicted molar refractivity (Wildman–Crippen MR) is 274 cm³/mol. The first-order valence-electron chi connectivity index (χ1n) is 23.3. The molecule has 5 heteroatoms. The summed E-state index contributed by atoms with van der Waals surface area (Å²) in [6.07, 6.45) is 4.55. The highest BCUT2D eigenvalue weighted by Gasteiger charge is 2.62. The van der Waals surface area contributed by atoms with Crippen LogP contribution in [0.3, 0.4) is 0 Å². The standard InChI is InChI=1S/C61H44FN3S/c62-43-27-29-46(30-28-43)65-53-21-9-7-19-49(53)50-33-31-47(37-56(50)65)63(44-15-3-1-4-16-44)54-22-11-13-39-35-41-25-26-42-36-40-14-12-23-55(60(40)61(41,42)59(39)54)64(45-17-5-2-6-18-45)48-32-34-52-51-20-8-10-24-57(51)66-58(52)38-48/h1-24,27-34,37-38,41-42H,25-26,35-36H2. The number of hydrogen-bond acceptors (Lipinski definition) is 3. The van der Waals surface area contributed by atoms with Gasteiger partial charge in [0.1, 0.15) is 5.82 Å². The molecule has 316 valence electrons. The van der Waals surface area contributed by atoms with Crippen molar-refractivity contribution in [3.8, 4) is 5.69 Å². The molecule has 1 spiro atoms. The van der Waals surface area contributed by atoms with E-state index in [1.165, 1.54) is 88.8 Å². The molecule has 66 heavy (non-hydrogen) atoms. The molecular formula is C61H44FN3S. The van der Waals surface area contributed by atoms with E-state index in [0.717, 1.165) is 40.9 Å². The average Bonchev–Trinajstić information content (AvgIpc) is 4.16. The van der Waals surface area contributed by atoms with Crippen LogP contribution in [0.1, 0.15) is 35.1 Å². The van der Waals surface area contributed by atoms with Crippen LogP contribution in [0.2, 0.25) is 0 Å². The van der Waals surface area contributed by atoms with Gasteiger partial charge in [-0.05, 0) is 157 Å². The second kappa shape index (κ2) is 14.5. The fourth-order valence-corrected chi connectivity index (χ4v) is 14.0. The summed E-state index contributed by atoms with van der Waals surface area (Å²) in [6, 6.07) is 74.6. The first kappa shape index (κ1) is 37.9. The van der Waals surface area contributed by atoms with E-state index >= 15 is 0 Å². The Labute approximate surface area is 387 Å². The summed E-state index contributed by atoms with van der Waals surface area (Å²) >= 11 is 1.88. The molecule has 3 unspecified atom stereocenters. The smallest absolute Gasteiger partial charge is 0.123 e. The molecule has 11 aromatic rings. The molecule has 2 aromatic heterocycles. The summed E-state index contributed by atoms with van der Waals surface area (Å²) in [5.41, 5.74) is 16.0. The predicted octanol–water partition coefficient (Wildman–Crippen LogP) is 16.7. The van der Waals surface area contributed by atoms with Gasteiger partial charge < -0.3 is 14.4 Å². The number of anilines is 6. The van der Waals surface area contributed by atoms with Gasteiger partial charge in [0.2, 0.25) is 0 Å². The molecule has 3 aliphatic carbocycles. The number of para-hydroxylation sites is 3. The first-order valence-corrected chi connectivity index (χ1v) is 24.1. The van der Waals surface area contributed by atoms with Gasteiger partial charge in [0.15, 0.2) is 0 Å². The lowest BCUT2D eigenvalue weighted by Gasteiger charge is -2.40. The van der Waals surface area contributed by atoms with Gasteiger partial charge in [0.05, 0.1) is 22.4 Å². The fourth-order valence-electron chi connectivity index (χ4n) is 12.9. The van der Waals surface area contributed by atoms with Crippen molar-refractivity contribution in [1.82, 2.24) is 4.57 Å². The van der Waals surface area contributed by atoms with Gasteiger partial charge in [-0.1, -0.05) is 109 Å². The molecule has 2 heterocycles. The maximum atomic E-state index is 14.4. The molecule has 1 fully saturated rings. The van der Waals surface area contributed by atoms with Crippen LogP contribution in [0.15, 0.2) is 206 Å². The lowest BCUT2D eigenvalue weighted by atomic mass is 9.68. The molecule has 3 nitrogen and oxygen atoms in total. The largest absolute Gasteiger partial charge is 0.310 e. The van der Waals surface area contributed by atoms with E-state index < -0.39 is 0 Å². The first-order chi connectivity index (χ1) is 32.6. The Balaban J connectivity index is 1.01. The average molecular weight is 870 g/mol. The molecule has 0 bridgehead atoms. The zero-order valence-corrected chi connectivity index (χ0v) is 37.1. The van der Waals surface area contributed by atoms with Crippen molar-refractivity contribution < 1.29 is 4.39 Å². The van der Waals surface area contributed by atoms with Crippen LogP contribution in [-0.4, -0.2) is 4.57 Å².